The Labute approximate surface area is 120 Å². The molecule has 4 nitrogen and oxygen atoms in total. The van der Waals surface area contributed by atoms with Gasteiger partial charge in [0.05, 0.1) is 12.1 Å². The van der Waals surface area contributed by atoms with E-state index < -0.39 is 0 Å². The predicted octanol–water partition coefficient (Wildman–Crippen LogP) is 1.46. The summed E-state index contributed by atoms with van der Waals surface area (Å²) in [4.78, 5) is 12.1. The molecule has 0 radical (unpaired) electrons. The summed E-state index contributed by atoms with van der Waals surface area (Å²) in [5, 5.41) is 2.86. The number of carbonyl (C=O) groups is 1. The molecule has 1 amide bonds. The van der Waals surface area contributed by atoms with Gasteiger partial charge in [-0.15, -0.1) is 0 Å². The Morgan fingerprint density at radius 1 is 1.45 bits per heavy atom. The largest absolute Gasteiger partial charge is 0.377 e. The first kappa shape index (κ1) is 16.2. The molecule has 1 rings (SSSR count). The van der Waals surface area contributed by atoms with E-state index in [-0.39, 0.29) is 11.5 Å². The fourth-order valence-electron chi connectivity index (χ4n) is 1.51. The van der Waals surface area contributed by atoms with Gasteiger partial charge in [-0.05, 0) is 38.5 Å². The molecular formula is C16H22N2O2. The third-order valence-corrected chi connectivity index (χ3v) is 3.05. The summed E-state index contributed by atoms with van der Waals surface area (Å²) in [6.07, 6.45) is 0. The van der Waals surface area contributed by atoms with E-state index in [9.17, 15) is 4.79 Å². The summed E-state index contributed by atoms with van der Waals surface area (Å²) in [5.74, 6) is 5.64. The first-order valence-corrected chi connectivity index (χ1v) is 6.52. The summed E-state index contributed by atoms with van der Waals surface area (Å²) < 4.78 is 5.27. The van der Waals surface area contributed by atoms with Crippen LogP contribution < -0.4 is 11.1 Å². The van der Waals surface area contributed by atoms with E-state index in [4.69, 9.17) is 10.5 Å². The summed E-state index contributed by atoms with van der Waals surface area (Å²) >= 11 is 0. The minimum atomic E-state index is -0.386. The molecule has 0 bridgehead atoms. The number of ether oxygens (including phenoxy) is 1. The molecule has 0 saturated carbocycles. The van der Waals surface area contributed by atoms with Crippen LogP contribution in [0, 0.1) is 18.8 Å². The molecule has 0 saturated heterocycles. The quantitative estimate of drug-likeness (QED) is 0.817. The van der Waals surface area contributed by atoms with Crippen molar-refractivity contribution in [3.05, 3.63) is 34.9 Å². The van der Waals surface area contributed by atoms with Crippen LogP contribution in [0.3, 0.4) is 0 Å². The van der Waals surface area contributed by atoms with Crippen LogP contribution in [0.25, 0.3) is 0 Å². The Balaban J connectivity index is 2.84. The lowest BCUT2D eigenvalue weighted by Crippen LogP contribution is -2.39. The minimum Gasteiger partial charge on any atom is -0.377 e. The summed E-state index contributed by atoms with van der Waals surface area (Å²) in [6, 6.07) is 5.46. The molecule has 3 N–H and O–H groups in total. The number of carbonyl (C=O) groups excluding carboxylic acids is 1. The molecule has 20 heavy (non-hydrogen) atoms. The third-order valence-electron chi connectivity index (χ3n) is 3.05. The van der Waals surface area contributed by atoms with Gasteiger partial charge in [0.2, 0.25) is 0 Å². The van der Waals surface area contributed by atoms with E-state index in [1.54, 1.807) is 19.2 Å². The number of hydrogen-bond acceptors (Lipinski definition) is 3. The van der Waals surface area contributed by atoms with Crippen molar-refractivity contribution in [3.8, 4) is 11.8 Å². The maximum absolute atomic E-state index is 12.1. The number of nitrogens with one attached hydrogen (secondary N) is 1. The fourth-order valence-corrected chi connectivity index (χ4v) is 1.51. The van der Waals surface area contributed by atoms with Gasteiger partial charge in [0.1, 0.15) is 0 Å². The SMILES string of the molecule is COC(C)(C)CNC(=O)c1ccc(C)c(C#CCN)c1. The van der Waals surface area contributed by atoms with E-state index in [0.29, 0.717) is 18.7 Å². The smallest absolute Gasteiger partial charge is 0.251 e. The second-order valence-corrected chi connectivity index (χ2v) is 5.18. The number of rotatable bonds is 4. The Bertz CT molecular complexity index is 539. The fraction of sp³-hybridized carbons (Fsp3) is 0.438. The van der Waals surface area contributed by atoms with Gasteiger partial charge in [0, 0.05) is 24.8 Å². The maximum atomic E-state index is 12.1. The molecule has 0 atom stereocenters. The molecule has 108 valence electrons. The highest BCUT2D eigenvalue weighted by atomic mass is 16.5. The van der Waals surface area contributed by atoms with Crippen LogP contribution in [-0.4, -0.2) is 31.7 Å². The molecule has 0 aliphatic heterocycles. The Hall–Kier alpha value is -1.83. The van der Waals surface area contributed by atoms with Crippen LogP contribution >= 0.6 is 0 Å². The van der Waals surface area contributed by atoms with E-state index in [0.717, 1.165) is 11.1 Å². The highest BCUT2D eigenvalue weighted by molar-refractivity contribution is 5.94. The van der Waals surface area contributed by atoms with Crippen LogP contribution in [0.4, 0.5) is 0 Å². The van der Waals surface area contributed by atoms with Gasteiger partial charge in [0.25, 0.3) is 5.91 Å². The number of nitrogens with two attached hydrogens (primary N) is 1. The van der Waals surface area contributed by atoms with Crippen molar-refractivity contribution in [3.63, 3.8) is 0 Å². The third kappa shape index (κ3) is 4.69. The lowest BCUT2D eigenvalue weighted by molar-refractivity contribution is 0.0229. The number of amides is 1. The molecule has 1 aromatic carbocycles. The van der Waals surface area contributed by atoms with E-state index in [1.807, 2.05) is 26.8 Å². The van der Waals surface area contributed by atoms with Gasteiger partial charge in [-0.2, -0.15) is 0 Å². The lowest BCUT2D eigenvalue weighted by Gasteiger charge is -2.23. The highest BCUT2D eigenvalue weighted by Crippen LogP contribution is 2.11. The molecule has 0 aliphatic carbocycles. The molecule has 0 unspecified atom stereocenters. The molecule has 1 aromatic rings. The van der Waals surface area contributed by atoms with Crippen molar-refractivity contribution in [2.45, 2.75) is 26.4 Å². The van der Waals surface area contributed by atoms with Crippen LogP contribution in [-0.2, 0) is 4.74 Å². The summed E-state index contributed by atoms with van der Waals surface area (Å²) in [7, 11) is 1.62. The average molecular weight is 274 g/mol. The Morgan fingerprint density at radius 2 is 2.15 bits per heavy atom. The zero-order valence-electron chi connectivity index (χ0n) is 12.5. The predicted molar refractivity (Wildman–Crippen MR) is 80.5 cm³/mol. The average Bonchev–Trinajstić information content (AvgIpc) is 2.44. The standard InChI is InChI=1S/C16H22N2O2/c1-12-7-8-14(10-13(12)6-5-9-17)15(19)18-11-16(2,3)20-4/h7-8,10H,9,11,17H2,1-4H3,(H,18,19). The topological polar surface area (TPSA) is 64.3 Å². The van der Waals surface area contributed by atoms with E-state index in [1.165, 1.54) is 0 Å². The molecule has 4 heteroatoms. The normalized spacial score (nSPS) is 10.7. The van der Waals surface area contributed by atoms with Crippen LogP contribution in [0.2, 0.25) is 0 Å². The number of aryl methyl sites for hydroxylation is 1. The molecule has 0 aliphatic rings. The van der Waals surface area contributed by atoms with E-state index in [2.05, 4.69) is 17.2 Å². The van der Waals surface area contributed by atoms with Gasteiger partial charge < -0.3 is 15.8 Å². The summed E-state index contributed by atoms with van der Waals surface area (Å²) in [5.41, 5.74) is 7.42. The lowest BCUT2D eigenvalue weighted by atomic mass is 10.0. The second kappa shape index (κ2) is 7.09. The minimum absolute atomic E-state index is 0.133. The van der Waals surface area contributed by atoms with Gasteiger partial charge >= 0.3 is 0 Å². The van der Waals surface area contributed by atoms with Crippen molar-refractivity contribution in [2.75, 3.05) is 20.2 Å². The number of hydrogen-bond donors (Lipinski definition) is 2. The first-order valence-electron chi connectivity index (χ1n) is 6.52. The molecule has 0 heterocycles. The van der Waals surface area contributed by atoms with Gasteiger partial charge in [-0.3, -0.25) is 4.79 Å². The first-order chi connectivity index (χ1) is 9.39. The monoisotopic (exact) mass is 274 g/mol. The highest BCUT2D eigenvalue weighted by Gasteiger charge is 2.18. The van der Waals surface area contributed by atoms with Crippen LogP contribution in [0.15, 0.2) is 18.2 Å². The zero-order chi connectivity index (χ0) is 15.2. The van der Waals surface area contributed by atoms with Crippen molar-refractivity contribution < 1.29 is 9.53 Å². The number of benzene rings is 1. The Morgan fingerprint density at radius 3 is 2.75 bits per heavy atom. The van der Waals surface area contributed by atoms with Crippen molar-refractivity contribution >= 4 is 5.91 Å². The van der Waals surface area contributed by atoms with Crippen LogP contribution in [0.5, 0.6) is 0 Å². The zero-order valence-corrected chi connectivity index (χ0v) is 12.5. The van der Waals surface area contributed by atoms with Gasteiger partial charge in [-0.1, -0.05) is 17.9 Å². The summed E-state index contributed by atoms with van der Waals surface area (Å²) in [6.45, 7) is 6.54. The van der Waals surface area contributed by atoms with Crippen LogP contribution in [0.1, 0.15) is 35.3 Å². The van der Waals surface area contributed by atoms with Crippen molar-refractivity contribution in [1.82, 2.24) is 5.32 Å². The molecule has 0 aromatic heterocycles. The molecule has 0 spiro atoms. The maximum Gasteiger partial charge on any atom is 0.251 e. The van der Waals surface area contributed by atoms with Gasteiger partial charge in [-0.25, -0.2) is 0 Å². The second-order valence-electron chi connectivity index (χ2n) is 5.18. The van der Waals surface area contributed by atoms with Crippen molar-refractivity contribution in [2.24, 2.45) is 5.73 Å². The van der Waals surface area contributed by atoms with E-state index >= 15 is 0 Å². The Kier molecular flexibility index (Phi) is 5.75. The molecular weight excluding hydrogens is 252 g/mol. The van der Waals surface area contributed by atoms with Crippen molar-refractivity contribution in [1.29, 1.82) is 0 Å². The molecule has 0 fully saturated rings. The number of methoxy groups -OCH3 is 1. The van der Waals surface area contributed by atoms with Gasteiger partial charge in [0.15, 0.2) is 0 Å².